The average molecular weight is 219 g/mol. The van der Waals surface area contributed by atoms with E-state index in [0.29, 0.717) is 0 Å². The monoisotopic (exact) mass is 219 g/mol. The second-order valence-electron chi connectivity index (χ2n) is 4.53. The van der Waals surface area contributed by atoms with Crippen LogP contribution in [0, 0.1) is 0 Å². The first-order valence-corrected chi connectivity index (χ1v) is 5.54. The van der Waals surface area contributed by atoms with Crippen LogP contribution in [0.15, 0.2) is 24.3 Å². The Hall–Kier alpha value is -1.35. The number of hydrogen-bond donors (Lipinski definition) is 1. The number of ether oxygens (including phenoxy) is 1. The first-order chi connectivity index (χ1) is 7.57. The van der Waals surface area contributed by atoms with E-state index in [2.05, 4.69) is 0 Å². The molecule has 1 aliphatic carbocycles. The van der Waals surface area contributed by atoms with Crippen molar-refractivity contribution >= 4 is 5.97 Å². The number of rotatable bonds is 3. The van der Waals surface area contributed by atoms with E-state index < -0.39 is 0 Å². The third-order valence-corrected chi connectivity index (χ3v) is 3.30. The van der Waals surface area contributed by atoms with Gasteiger partial charge in [-0.3, -0.25) is 4.79 Å². The predicted octanol–water partition coefficient (Wildman–Crippen LogP) is 1.91. The summed E-state index contributed by atoms with van der Waals surface area (Å²) in [4.78, 5) is 11.4. The molecule has 16 heavy (non-hydrogen) atoms. The molecule has 86 valence electrons. The van der Waals surface area contributed by atoms with Gasteiger partial charge < -0.3 is 10.5 Å². The predicted molar refractivity (Wildman–Crippen MR) is 62.0 cm³/mol. The van der Waals surface area contributed by atoms with Crippen LogP contribution >= 0.6 is 0 Å². The summed E-state index contributed by atoms with van der Waals surface area (Å²) in [5.41, 5.74) is 8.08. The summed E-state index contributed by atoms with van der Waals surface area (Å²) in [6.07, 6.45) is 2.06. The molecule has 1 aliphatic rings. The van der Waals surface area contributed by atoms with Crippen LogP contribution in [-0.4, -0.2) is 13.1 Å². The van der Waals surface area contributed by atoms with Crippen LogP contribution in [-0.2, 0) is 15.1 Å². The van der Waals surface area contributed by atoms with Crippen molar-refractivity contribution in [3.63, 3.8) is 0 Å². The molecule has 1 unspecified atom stereocenters. The van der Waals surface area contributed by atoms with Gasteiger partial charge in [0.25, 0.3) is 0 Å². The summed E-state index contributed by atoms with van der Waals surface area (Å²) in [6.45, 7) is 1.85. The Morgan fingerprint density at radius 2 is 2.19 bits per heavy atom. The average Bonchev–Trinajstić information content (AvgIpc) is 3.07. The van der Waals surface area contributed by atoms with E-state index in [4.69, 9.17) is 10.5 Å². The molecule has 2 N–H and O–H groups in total. The fraction of sp³-hybridized carbons (Fsp3) is 0.462. The highest BCUT2D eigenvalue weighted by atomic mass is 16.5. The Labute approximate surface area is 95.6 Å². The molecule has 1 atom stereocenters. The SMILES string of the molecule is COC(=O)C(C)c1cccc(C2(N)CC2)c1. The van der Waals surface area contributed by atoms with E-state index >= 15 is 0 Å². The third-order valence-electron chi connectivity index (χ3n) is 3.30. The Balaban J connectivity index is 2.25. The molecule has 3 nitrogen and oxygen atoms in total. The molecule has 2 rings (SSSR count). The fourth-order valence-electron chi connectivity index (χ4n) is 1.85. The lowest BCUT2D eigenvalue weighted by molar-refractivity contribution is -0.141. The van der Waals surface area contributed by atoms with Crippen molar-refractivity contribution < 1.29 is 9.53 Å². The lowest BCUT2D eigenvalue weighted by Crippen LogP contribution is -2.19. The van der Waals surface area contributed by atoms with E-state index in [9.17, 15) is 4.79 Å². The van der Waals surface area contributed by atoms with Crippen LogP contribution in [0.2, 0.25) is 0 Å². The minimum atomic E-state index is -0.229. The summed E-state index contributed by atoms with van der Waals surface area (Å²) >= 11 is 0. The van der Waals surface area contributed by atoms with E-state index in [-0.39, 0.29) is 17.4 Å². The van der Waals surface area contributed by atoms with E-state index in [1.807, 2.05) is 31.2 Å². The van der Waals surface area contributed by atoms with Crippen molar-refractivity contribution in [2.45, 2.75) is 31.2 Å². The maximum atomic E-state index is 11.4. The Morgan fingerprint density at radius 1 is 1.50 bits per heavy atom. The highest BCUT2D eigenvalue weighted by Crippen LogP contribution is 2.43. The third kappa shape index (κ3) is 1.95. The van der Waals surface area contributed by atoms with Gasteiger partial charge in [0.05, 0.1) is 13.0 Å². The normalized spacial score (nSPS) is 18.9. The van der Waals surface area contributed by atoms with Crippen molar-refractivity contribution in [3.8, 4) is 0 Å². The molecule has 0 heterocycles. The molecule has 0 amide bonds. The molecule has 0 radical (unpaired) electrons. The van der Waals surface area contributed by atoms with Crippen LogP contribution in [0.1, 0.15) is 36.8 Å². The number of methoxy groups -OCH3 is 1. The zero-order valence-corrected chi connectivity index (χ0v) is 9.69. The Kier molecular flexibility index (Phi) is 2.72. The lowest BCUT2D eigenvalue weighted by Gasteiger charge is -2.14. The number of esters is 1. The molecule has 0 bridgehead atoms. The number of carbonyl (C=O) groups excluding carboxylic acids is 1. The zero-order chi connectivity index (χ0) is 11.8. The summed E-state index contributed by atoms with van der Waals surface area (Å²) in [6, 6.07) is 7.95. The standard InChI is InChI=1S/C13H17NO2/c1-9(12(15)16-2)10-4-3-5-11(8-10)13(14)6-7-13/h3-5,8-9H,6-7,14H2,1-2H3. The van der Waals surface area contributed by atoms with Crippen LogP contribution in [0.25, 0.3) is 0 Å². The Morgan fingerprint density at radius 3 is 2.75 bits per heavy atom. The number of nitrogens with two attached hydrogens (primary N) is 1. The van der Waals surface area contributed by atoms with Crippen molar-refractivity contribution in [1.82, 2.24) is 0 Å². The summed E-state index contributed by atoms with van der Waals surface area (Å²) in [7, 11) is 1.41. The first kappa shape index (κ1) is 11.1. The van der Waals surface area contributed by atoms with Gasteiger partial charge in [-0.15, -0.1) is 0 Å². The van der Waals surface area contributed by atoms with E-state index in [1.165, 1.54) is 7.11 Å². The van der Waals surface area contributed by atoms with Gasteiger partial charge in [0.1, 0.15) is 0 Å². The van der Waals surface area contributed by atoms with E-state index in [1.54, 1.807) is 0 Å². The first-order valence-electron chi connectivity index (χ1n) is 5.54. The maximum Gasteiger partial charge on any atom is 0.312 e. The van der Waals surface area contributed by atoms with Gasteiger partial charge in [-0.25, -0.2) is 0 Å². The highest BCUT2D eigenvalue weighted by molar-refractivity contribution is 5.77. The van der Waals surface area contributed by atoms with Crippen molar-refractivity contribution in [3.05, 3.63) is 35.4 Å². The van der Waals surface area contributed by atoms with Crippen LogP contribution in [0.4, 0.5) is 0 Å². The molecule has 1 fully saturated rings. The van der Waals surface area contributed by atoms with Crippen molar-refractivity contribution in [1.29, 1.82) is 0 Å². The molecular weight excluding hydrogens is 202 g/mol. The number of carbonyl (C=O) groups is 1. The maximum absolute atomic E-state index is 11.4. The van der Waals surface area contributed by atoms with Gasteiger partial charge in [0.15, 0.2) is 0 Å². The smallest absolute Gasteiger partial charge is 0.312 e. The molecule has 1 aromatic rings. The summed E-state index contributed by atoms with van der Waals surface area (Å²) < 4.78 is 4.74. The van der Waals surface area contributed by atoms with E-state index in [0.717, 1.165) is 24.0 Å². The minimum Gasteiger partial charge on any atom is -0.469 e. The van der Waals surface area contributed by atoms with Gasteiger partial charge in [-0.05, 0) is 30.9 Å². The number of hydrogen-bond acceptors (Lipinski definition) is 3. The fourth-order valence-corrected chi connectivity index (χ4v) is 1.85. The molecule has 3 heteroatoms. The second-order valence-corrected chi connectivity index (χ2v) is 4.53. The molecule has 0 saturated heterocycles. The van der Waals surface area contributed by atoms with Crippen molar-refractivity contribution in [2.24, 2.45) is 5.73 Å². The molecule has 0 aliphatic heterocycles. The van der Waals surface area contributed by atoms with Gasteiger partial charge in [-0.2, -0.15) is 0 Å². The van der Waals surface area contributed by atoms with Gasteiger partial charge in [0, 0.05) is 5.54 Å². The van der Waals surface area contributed by atoms with Crippen LogP contribution in [0.5, 0.6) is 0 Å². The van der Waals surface area contributed by atoms with Gasteiger partial charge in [-0.1, -0.05) is 24.3 Å². The van der Waals surface area contributed by atoms with Crippen LogP contribution in [0.3, 0.4) is 0 Å². The largest absolute Gasteiger partial charge is 0.469 e. The minimum absolute atomic E-state index is 0.147. The highest BCUT2D eigenvalue weighted by Gasteiger charge is 2.40. The quantitative estimate of drug-likeness (QED) is 0.790. The van der Waals surface area contributed by atoms with Gasteiger partial charge >= 0.3 is 5.97 Å². The molecule has 0 spiro atoms. The van der Waals surface area contributed by atoms with Crippen LogP contribution < -0.4 is 5.73 Å². The van der Waals surface area contributed by atoms with Gasteiger partial charge in [0.2, 0.25) is 0 Å². The van der Waals surface area contributed by atoms with Crippen molar-refractivity contribution in [2.75, 3.05) is 7.11 Å². The second kappa shape index (κ2) is 3.91. The topological polar surface area (TPSA) is 52.3 Å². The summed E-state index contributed by atoms with van der Waals surface area (Å²) in [5, 5.41) is 0. The lowest BCUT2D eigenvalue weighted by atomic mass is 9.96. The number of benzene rings is 1. The Bertz CT molecular complexity index is 410. The summed E-state index contributed by atoms with van der Waals surface area (Å²) in [5.74, 6) is -0.439. The molecule has 1 aromatic carbocycles. The molecule has 1 saturated carbocycles. The zero-order valence-electron chi connectivity index (χ0n) is 9.69. The molecular formula is C13H17NO2. The molecule has 0 aromatic heterocycles.